The highest BCUT2D eigenvalue weighted by atomic mass is 19.1. The van der Waals surface area contributed by atoms with E-state index in [1.807, 2.05) is 6.07 Å². The Kier molecular flexibility index (Phi) is 6.46. The number of aliphatic carboxylic acids is 2. The maximum absolute atomic E-state index is 13.2. The lowest BCUT2D eigenvalue weighted by atomic mass is 9.75. The molecule has 7 nitrogen and oxygen atoms in total. The molecule has 3 aliphatic rings. The van der Waals surface area contributed by atoms with Gasteiger partial charge in [0, 0.05) is 6.54 Å². The molecule has 0 radical (unpaired) electrons. The zero-order valence-corrected chi connectivity index (χ0v) is 13.6. The van der Waals surface area contributed by atoms with Crippen molar-refractivity contribution in [1.82, 2.24) is 4.90 Å². The largest absolute Gasteiger partial charge is 0.479 e. The van der Waals surface area contributed by atoms with Crippen molar-refractivity contribution in [3.05, 3.63) is 35.6 Å². The fourth-order valence-electron chi connectivity index (χ4n) is 3.35. The molecule has 3 aliphatic heterocycles. The predicted octanol–water partition coefficient (Wildman–Crippen LogP) is 0.512. The smallest absolute Gasteiger partial charge is 0.335 e. The van der Waals surface area contributed by atoms with E-state index in [9.17, 15) is 14.0 Å². The highest BCUT2D eigenvalue weighted by Crippen LogP contribution is 2.38. The van der Waals surface area contributed by atoms with Gasteiger partial charge < -0.3 is 25.3 Å². The van der Waals surface area contributed by atoms with E-state index in [4.69, 9.17) is 20.4 Å². The van der Waals surface area contributed by atoms with Crippen molar-refractivity contribution in [1.29, 1.82) is 0 Å². The second-order valence-electron chi connectivity index (χ2n) is 6.37. The molecule has 3 unspecified atom stereocenters. The number of hydrogen-bond donors (Lipinski definition) is 4. The van der Waals surface area contributed by atoms with Gasteiger partial charge in [-0.2, -0.15) is 0 Å². The molecule has 8 heteroatoms. The van der Waals surface area contributed by atoms with E-state index in [-0.39, 0.29) is 5.82 Å². The molecule has 1 aromatic rings. The van der Waals surface area contributed by atoms with Crippen molar-refractivity contribution < 1.29 is 34.4 Å². The summed E-state index contributed by atoms with van der Waals surface area (Å²) < 4.78 is 13.2. The molecule has 0 aromatic heterocycles. The van der Waals surface area contributed by atoms with E-state index >= 15 is 0 Å². The maximum atomic E-state index is 13.2. The molecule has 138 valence electrons. The molecule has 2 bridgehead atoms. The number of rotatable bonds is 4. The summed E-state index contributed by atoms with van der Waals surface area (Å²) in [5.41, 5.74) is 1.20. The van der Waals surface area contributed by atoms with Crippen molar-refractivity contribution in [2.24, 2.45) is 5.92 Å². The van der Waals surface area contributed by atoms with Crippen LogP contribution in [0.25, 0.3) is 0 Å². The fourth-order valence-corrected chi connectivity index (χ4v) is 3.35. The second kappa shape index (κ2) is 8.37. The number of carbonyl (C=O) groups is 2. The first-order valence-corrected chi connectivity index (χ1v) is 8.09. The average Bonchev–Trinajstić information content (AvgIpc) is 2.61. The Labute approximate surface area is 144 Å². The summed E-state index contributed by atoms with van der Waals surface area (Å²) in [6.07, 6.45) is -1.95. The lowest BCUT2D eigenvalue weighted by Crippen LogP contribution is -2.46. The maximum Gasteiger partial charge on any atom is 0.335 e. The van der Waals surface area contributed by atoms with Crippen LogP contribution in [0.5, 0.6) is 0 Å². The third kappa shape index (κ3) is 4.97. The second-order valence-corrected chi connectivity index (χ2v) is 6.37. The standard InChI is InChI=1S/C13H16FN.C4H6O6/c14-12-3-1-2-11(8-12)13-9-15-6-4-10(13)5-7-15;5-1(3(7)8)2(6)4(9)10/h1-3,8,10,13H,4-7,9H2;1-2,5-6H,(H,7,8)(H,9,10). The van der Waals surface area contributed by atoms with Gasteiger partial charge in [-0.05, 0) is 55.5 Å². The summed E-state index contributed by atoms with van der Waals surface area (Å²) in [5, 5.41) is 32.5. The zero-order valence-electron chi connectivity index (χ0n) is 13.6. The number of hydrogen-bond acceptors (Lipinski definition) is 5. The number of nitrogens with zero attached hydrogens (tertiary/aromatic N) is 1. The molecule has 4 rings (SSSR count). The minimum Gasteiger partial charge on any atom is -0.479 e. The van der Waals surface area contributed by atoms with Crippen LogP contribution in [0.4, 0.5) is 4.39 Å². The van der Waals surface area contributed by atoms with Gasteiger partial charge in [-0.25, -0.2) is 14.0 Å². The van der Waals surface area contributed by atoms with E-state index in [0.717, 1.165) is 12.5 Å². The van der Waals surface area contributed by atoms with Crippen molar-refractivity contribution in [3.63, 3.8) is 0 Å². The van der Waals surface area contributed by atoms with Crippen LogP contribution < -0.4 is 0 Å². The number of halogens is 1. The summed E-state index contributed by atoms with van der Waals surface area (Å²) in [6, 6.07) is 7.16. The number of piperidine rings is 3. The molecular weight excluding hydrogens is 333 g/mol. The Hall–Kier alpha value is -2.03. The third-order valence-electron chi connectivity index (χ3n) is 4.74. The first kappa shape index (κ1) is 19.3. The first-order valence-electron chi connectivity index (χ1n) is 8.09. The van der Waals surface area contributed by atoms with Gasteiger partial charge in [0.1, 0.15) is 5.82 Å². The Balaban J connectivity index is 0.000000199. The minimum atomic E-state index is -2.27. The first-order chi connectivity index (χ1) is 11.8. The summed E-state index contributed by atoms with van der Waals surface area (Å²) in [7, 11) is 0. The van der Waals surface area contributed by atoms with Crippen molar-refractivity contribution >= 4 is 11.9 Å². The topological polar surface area (TPSA) is 118 Å². The van der Waals surface area contributed by atoms with Crippen LogP contribution in [0.2, 0.25) is 0 Å². The monoisotopic (exact) mass is 355 g/mol. The number of aliphatic hydroxyl groups is 2. The van der Waals surface area contributed by atoms with Crippen LogP contribution in [0.15, 0.2) is 24.3 Å². The molecule has 0 amide bonds. The molecule has 0 aliphatic carbocycles. The molecular formula is C17H22FNO6. The van der Waals surface area contributed by atoms with Gasteiger partial charge in [0.25, 0.3) is 0 Å². The van der Waals surface area contributed by atoms with Crippen LogP contribution in [-0.2, 0) is 9.59 Å². The molecule has 3 atom stereocenters. The third-order valence-corrected chi connectivity index (χ3v) is 4.74. The van der Waals surface area contributed by atoms with Crippen LogP contribution in [0.3, 0.4) is 0 Å². The van der Waals surface area contributed by atoms with Gasteiger partial charge in [0.05, 0.1) is 0 Å². The van der Waals surface area contributed by atoms with Gasteiger partial charge in [-0.1, -0.05) is 12.1 Å². The van der Waals surface area contributed by atoms with Gasteiger partial charge >= 0.3 is 11.9 Å². The number of fused-ring (bicyclic) bond motifs is 3. The molecule has 0 spiro atoms. The number of benzene rings is 1. The van der Waals surface area contributed by atoms with Gasteiger partial charge in [0.2, 0.25) is 0 Å². The van der Waals surface area contributed by atoms with Gasteiger partial charge in [-0.3, -0.25) is 0 Å². The number of aliphatic hydroxyl groups excluding tert-OH is 2. The van der Waals surface area contributed by atoms with E-state index in [1.54, 1.807) is 6.07 Å². The predicted molar refractivity (Wildman–Crippen MR) is 85.6 cm³/mol. The molecule has 0 saturated carbocycles. The van der Waals surface area contributed by atoms with Gasteiger partial charge in [-0.15, -0.1) is 0 Å². The summed E-state index contributed by atoms with van der Waals surface area (Å²) in [5.74, 6) is -2.27. The Morgan fingerprint density at radius 3 is 2.04 bits per heavy atom. The van der Waals surface area contributed by atoms with E-state index in [0.29, 0.717) is 5.92 Å². The minimum absolute atomic E-state index is 0.0936. The number of carboxylic acids is 2. The average molecular weight is 355 g/mol. The summed E-state index contributed by atoms with van der Waals surface area (Å²) >= 11 is 0. The van der Waals surface area contributed by atoms with Crippen LogP contribution in [0.1, 0.15) is 24.3 Å². The number of carboxylic acid groups (broad SMARTS) is 2. The molecule has 3 fully saturated rings. The van der Waals surface area contributed by atoms with E-state index < -0.39 is 24.1 Å². The van der Waals surface area contributed by atoms with Crippen molar-refractivity contribution in [2.45, 2.75) is 31.0 Å². The van der Waals surface area contributed by atoms with E-state index in [1.165, 1.54) is 37.6 Å². The SMILES string of the molecule is Fc1cccc(C2CN3CCC2CC3)c1.O=C(O)C(O)C(O)C(=O)O. The fraction of sp³-hybridized carbons (Fsp3) is 0.529. The van der Waals surface area contributed by atoms with Crippen molar-refractivity contribution in [3.8, 4) is 0 Å². The molecule has 3 saturated heterocycles. The summed E-state index contributed by atoms with van der Waals surface area (Å²) in [4.78, 5) is 22.1. The Morgan fingerprint density at radius 1 is 1.08 bits per heavy atom. The van der Waals surface area contributed by atoms with Crippen LogP contribution in [-0.4, -0.2) is 69.1 Å². The van der Waals surface area contributed by atoms with E-state index in [2.05, 4.69) is 11.0 Å². The normalized spacial score (nSPS) is 26.9. The zero-order chi connectivity index (χ0) is 18.6. The molecule has 1 aromatic carbocycles. The lowest BCUT2D eigenvalue weighted by Gasteiger charge is -2.45. The Morgan fingerprint density at radius 2 is 1.64 bits per heavy atom. The Bertz CT molecular complexity index is 599. The van der Waals surface area contributed by atoms with Crippen LogP contribution in [0, 0.1) is 11.7 Å². The molecule has 25 heavy (non-hydrogen) atoms. The molecule has 3 heterocycles. The summed E-state index contributed by atoms with van der Waals surface area (Å²) in [6.45, 7) is 3.63. The van der Waals surface area contributed by atoms with Gasteiger partial charge in [0.15, 0.2) is 12.2 Å². The van der Waals surface area contributed by atoms with Crippen molar-refractivity contribution in [2.75, 3.05) is 19.6 Å². The highest BCUT2D eigenvalue weighted by Gasteiger charge is 2.34. The van der Waals surface area contributed by atoms with Crippen LogP contribution >= 0.6 is 0 Å². The highest BCUT2D eigenvalue weighted by molar-refractivity contribution is 5.83. The molecule has 4 N–H and O–H groups in total. The lowest BCUT2D eigenvalue weighted by molar-refractivity contribution is -0.165. The quantitative estimate of drug-likeness (QED) is 0.621.